The Balaban J connectivity index is 1.82. The Hall–Kier alpha value is -2.79. The summed E-state index contributed by atoms with van der Waals surface area (Å²) in [5, 5.41) is 55.1. The van der Waals surface area contributed by atoms with E-state index in [4.69, 9.17) is 10.5 Å². The van der Waals surface area contributed by atoms with Crippen LogP contribution in [0.2, 0.25) is 0 Å². The van der Waals surface area contributed by atoms with Gasteiger partial charge in [0.1, 0.15) is 36.3 Å². The lowest BCUT2D eigenvalue weighted by Gasteiger charge is -2.40. The molecule has 9 nitrogen and oxygen atoms in total. The highest BCUT2D eigenvalue weighted by Crippen LogP contribution is 2.40. The van der Waals surface area contributed by atoms with E-state index in [1.165, 1.54) is 0 Å². The molecule has 43 heavy (non-hydrogen) atoms. The zero-order valence-corrected chi connectivity index (χ0v) is 26.5. The second kappa shape index (κ2) is 13.9. The van der Waals surface area contributed by atoms with Gasteiger partial charge in [0.05, 0.1) is 12.0 Å². The van der Waals surface area contributed by atoms with Gasteiger partial charge in [-0.3, -0.25) is 4.79 Å². The molecule has 8 N–H and O–H groups in total. The number of rotatable bonds is 12. The summed E-state index contributed by atoms with van der Waals surface area (Å²) in [5.74, 6) is -0.303. The van der Waals surface area contributed by atoms with Crippen molar-refractivity contribution < 1.29 is 35.1 Å². The van der Waals surface area contributed by atoms with Crippen molar-refractivity contribution in [2.75, 3.05) is 19.7 Å². The van der Waals surface area contributed by atoms with E-state index in [1.807, 2.05) is 27.7 Å². The summed E-state index contributed by atoms with van der Waals surface area (Å²) in [6.45, 7) is 14.7. The summed E-state index contributed by atoms with van der Waals surface area (Å²) in [7, 11) is 0. The fourth-order valence-electron chi connectivity index (χ4n) is 5.34. The minimum absolute atomic E-state index is 0.0794. The van der Waals surface area contributed by atoms with Crippen molar-refractivity contribution in [2.45, 2.75) is 91.3 Å². The van der Waals surface area contributed by atoms with Crippen molar-refractivity contribution in [1.29, 1.82) is 0 Å². The number of phenols is 1. The molecule has 0 bridgehead atoms. The maximum Gasteiger partial charge on any atom is 0.224 e. The van der Waals surface area contributed by atoms with Crippen LogP contribution in [-0.4, -0.2) is 75.6 Å². The number of carbonyl (C=O) groups excluding carboxylic acids is 1. The van der Waals surface area contributed by atoms with Crippen molar-refractivity contribution in [3.05, 3.63) is 69.8 Å². The van der Waals surface area contributed by atoms with Gasteiger partial charge in [-0.1, -0.05) is 58.0 Å². The minimum atomic E-state index is -1.53. The lowest BCUT2D eigenvalue weighted by Crippen LogP contribution is -2.55. The van der Waals surface area contributed by atoms with Gasteiger partial charge < -0.3 is 41.3 Å². The average Bonchev–Trinajstić information content (AvgIpc) is 2.92. The molecule has 2 aromatic carbocycles. The molecule has 3 rings (SSSR count). The lowest BCUT2D eigenvalue weighted by molar-refractivity contribution is -0.232. The lowest BCUT2D eigenvalue weighted by atomic mass is 9.85. The van der Waals surface area contributed by atoms with Crippen molar-refractivity contribution in [3.63, 3.8) is 0 Å². The SMILES string of the molecule is Cc1cc(/C=C/C(C)(C)CNCC(C)(C)C(N)=O)ccc1Cc1cc(C2O[C@H](CO)[C@@H](O)[C@H](O)[C@H]2O)c(O)cc1C(C)C. The number of aliphatic hydroxyl groups is 4. The predicted molar refractivity (Wildman–Crippen MR) is 168 cm³/mol. The molecule has 0 aliphatic carbocycles. The normalized spacial score (nSPS) is 23.3. The van der Waals surface area contributed by atoms with E-state index in [-0.39, 0.29) is 23.0 Å². The van der Waals surface area contributed by atoms with E-state index in [1.54, 1.807) is 12.1 Å². The number of nitrogens with two attached hydrogens (primary N) is 1. The van der Waals surface area contributed by atoms with Gasteiger partial charge in [0.15, 0.2) is 0 Å². The topological polar surface area (TPSA) is 166 Å². The number of phenolic OH excluding ortho intramolecular Hbond substituents is 1. The molecule has 1 saturated heterocycles. The number of benzene rings is 2. The highest BCUT2D eigenvalue weighted by molar-refractivity contribution is 5.80. The summed E-state index contributed by atoms with van der Waals surface area (Å²) in [6, 6.07) is 9.73. The van der Waals surface area contributed by atoms with Crippen LogP contribution >= 0.6 is 0 Å². The van der Waals surface area contributed by atoms with E-state index in [0.717, 1.165) is 27.8 Å². The molecule has 5 atom stereocenters. The Bertz CT molecular complexity index is 1300. The monoisotopic (exact) mass is 598 g/mol. The number of ether oxygens (including phenoxy) is 1. The maximum atomic E-state index is 11.6. The number of hydrogen-bond donors (Lipinski definition) is 7. The van der Waals surface area contributed by atoms with Crippen LogP contribution in [0.3, 0.4) is 0 Å². The minimum Gasteiger partial charge on any atom is -0.508 e. The van der Waals surface area contributed by atoms with Crippen LogP contribution in [-0.2, 0) is 16.0 Å². The first kappa shape index (κ1) is 34.7. The van der Waals surface area contributed by atoms with E-state index in [0.29, 0.717) is 25.1 Å². The highest BCUT2D eigenvalue weighted by atomic mass is 16.5. The molecule has 1 amide bonds. The van der Waals surface area contributed by atoms with E-state index in [2.05, 4.69) is 56.4 Å². The molecule has 0 spiro atoms. The number of aromatic hydroxyl groups is 1. The first-order valence-electron chi connectivity index (χ1n) is 14.9. The van der Waals surface area contributed by atoms with Gasteiger partial charge in [0, 0.05) is 18.7 Å². The van der Waals surface area contributed by atoms with Crippen LogP contribution in [0, 0.1) is 17.8 Å². The number of primary amides is 1. The molecule has 9 heteroatoms. The molecule has 1 heterocycles. The predicted octanol–water partition coefficient (Wildman–Crippen LogP) is 3.07. The molecular formula is C34H50N2O7. The summed E-state index contributed by atoms with van der Waals surface area (Å²) in [6.07, 6.45) is -1.87. The molecule has 1 aliphatic heterocycles. The number of aliphatic hydroxyl groups excluding tert-OH is 4. The number of amides is 1. The Morgan fingerprint density at radius 2 is 1.70 bits per heavy atom. The van der Waals surface area contributed by atoms with Crippen molar-refractivity contribution in [3.8, 4) is 5.75 Å². The van der Waals surface area contributed by atoms with Crippen LogP contribution < -0.4 is 11.1 Å². The molecule has 238 valence electrons. The molecule has 2 aromatic rings. The zero-order chi connectivity index (χ0) is 32.3. The standard InChI is InChI=1S/C34H50N2O7/c1-19(2)24-15-26(38)25(31-30(41)29(40)28(39)27(16-37)43-31)14-23(24)13-22-9-8-21(12-20(22)3)10-11-33(4,5)17-36-18-34(6,7)32(35)42/h8-12,14-15,19,27-31,36-41H,13,16-18H2,1-7H3,(H2,35,42)/b11-10+/t27-,28-,29+,30-,31?/m1/s1. The van der Waals surface area contributed by atoms with Gasteiger partial charge in [-0.2, -0.15) is 0 Å². The molecule has 0 radical (unpaired) electrons. The number of carbonyl (C=O) groups is 1. The van der Waals surface area contributed by atoms with Crippen LogP contribution in [0.1, 0.15) is 86.9 Å². The fraction of sp³-hybridized carbons (Fsp3) is 0.559. The van der Waals surface area contributed by atoms with E-state index in [9.17, 15) is 30.3 Å². The summed E-state index contributed by atoms with van der Waals surface area (Å²) in [4.78, 5) is 11.6. The summed E-state index contributed by atoms with van der Waals surface area (Å²) in [5.41, 5.74) is 10.1. The first-order chi connectivity index (χ1) is 20.0. The van der Waals surface area contributed by atoms with Crippen molar-refractivity contribution in [1.82, 2.24) is 5.32 Å². The van der Waals surface area contributed by atoms with Crippen LogP contribution in [0.15, 0.2) is 36.4 Å². The number of nitrogens with one attached hydrogen (secondary N) is 1. The fourth-order valence-corrected chi connectivity index (χ4v) is 5.34. The second-order valence-corrected chi connectivity index (χ2v) is 13.6. The Kier molecular flexibility index (Phi) is 11.2. The Morgan fingerprint density at radius 3 is 2.28 bits per heavy atom. The molecule has 0 aromatic heterocycles. The van der Waals surface area contributed by atoms with Crippen LogP contribution in [0.4, 0.5) is 0 Å². The average molecular weight is 599 g/mol. The quantitative estimate of drug-likeness (QED) is 0.196. The van der Waals surface area contributed by atoms with Gasteiger partial charge in [-0.05, 0) is 78.5 Å². The summed E-state index contributed by atoms with van der Waals surface area (Å²) >= 11 is 0. The Morgan fingerprint density at radius 1 is 1.02 bits per heavy atom. The zero-order valence-electron chi connectivity index (χ0n) is 26.5. The Labute approximate surface area is 255 Å². The summed E-state index contributed by atoms with van der Waals surface area (Å²) < 4.78 is 5.75. The van der Waals surface area contributed by atoms with Gasteiger partial charge in [-0.25, -0.2) is 0 Å². The molecular weight excluding hydrogens is 548 g/mol. The van der Waals surface area contributed by atoms with Gasteiger partial charge in [0.25, 0.3) is 0 Å². The van der Waals surface area contributed by atoms with Gasteiger partial charge in [0.2, 0.25) is 5.91 Å². The molecule has 1 aliphatic rings. The third-order valence-corrected chi connectivity index (χ3v) is 8.40. The third-order valence-electron chi connectivity index (χ3n) is 8.40. The van der Waals surface area contributed by atoms with Gasteiger partial charge >= 0.3 is 0 Å². The van der Waals surface area contributed by atoms with E-state index >= 15 is 0 Å². The molecule has 1 unspecified atom stereocenters. The second-order valence-electron chi connectivity index (χ2n) is 13.6. The number of aryl methyl sites for hydroxylation is 1. The number of hydrogen-bond acceptors (Lipinski definition) is 8. The van der Waals surface area contributed by atoms with Crippen LogP contribution in [0.25, 0.3) is 6.08 Å². The molecule has 0 saturated carbocycles. The van der Waals surface area contributed by atoms with Crippen molar-refractivity contribution in [2.24, 2.45) is 16.6 Å². The van der Waals surface area contributed by atoms with E-state index < -0.39 is 42.5 Å². The third kappa shape index (κ3) is 8.44. The maximum absolute atomic E-state index is 11.6. The highest BCUT2D eigenvalue weighted by Gasteiger charge is 2.45. The first-order valence-corrected chi connectivity index (χ1v) is 14.9. The van der Waals surface area contributed by atoms with Crippen molar-refractivity contribution >= 4 is 12.0 Å². The van der Waals surface area contributed by atoms with Crippen LogP contribution in [0.5, 0.6) is 5.75 Å². The smallest absolute Gasteiger partial charge is 0.224 e. The molecule has 1 fully saturated rings. The largest absolute Gasteiger partial charge is 0.508 e. The van der Waals surface area contributed by atoms with Gasteiger partial charge in [-0.15, -0.1) is 0 Å².